The van der Waals surface area contributed by atoms with E-state index in [4.69, 9.17) is 5.73 Å². The van der Waals surface area contributed by atoms with Gasteiger partial charge in [-0.3, -0.25) is 0 Å². The molecule has 140 valence electrons. The van der Waals surface area contributed by atoms with Gasteiger partial charge in [0.05, 0.1) is 11.1 Å². The first-order chi connectivity index (χ1) is 12.6. The fourth-order valence-electron chi connectivity index (χ4n) is 2.55. The van der Waals surface area contributed by atoms with Crippen molar-refractivity contribution in [3.8, 4) is 22.3 Å². The summed E-state index contributed by atoms with van der Waals surface area (Å²) in [5.74, 6) is 0.102. The number of pyridine rings is 1. The van der Waals surface area contributed by atoms with E-state index in [1.165, 1.54) is 30.5 Å². The molecule has 0 spiro atoms. The Morgan fingerprint density at radius 1 is 0.630 bits per heavy atom. The lowest BCUT2D eigenvalue weighted by Crippen LogP contribution is -2.04. The van der Waals surface area contributed by atoms with Crippen molar-refractivity contribution in [1.82, 2.24) is 4.98 Å². The molecule has 3 aromatic rings. The van der Waals surface area contributed by atoms with Crippen molar-refractivity contribution >= 4 is 5.82 Å². The highest BCUT2D eigenvalue weighted by Gasteiger charge is 2.30. The van der Waals surface area contributed by atoms with Crippen molar-refractivity contribution in [2.45, 2.75) is 12.4 Å². The molecular formula is C19H12F6N2. The minimum atomic E-state index is -4.45. The third-order valence-electron chi connectivity index (χ3n) is 3.99. The topological polar surface area (TPSA) is 38.9 Å². The summed E-state index contributed by atoms with van der Waals surface area (Å²) in [7, 11) is 0. The zero-order valence-electron chi connectivity index (χ0n) is 13.6. The Balaban J connectivity index is 1.97. The smallest absolute Gasteiger partial charge is 0.383 e. The van der Waals surface area contributed by atoms with Crippen LogP contribution in [0.25, 0.3) is 22.3 Å². The van der Waals surface area contributed by atoms with Crippen molar-refractivity contribution in [3.05, 3.63) is 71.9 Å². The highest BCUT2D eigenvalue weighted by Crippen LogP contribution is 2.35. The van der Waals surface area contributed by atoms with Crippen molar-refractivity contribution in [2.75, 3.05) is 5.73 Å². The van der Waals surface area contributed by atoms with Crippen molar-refractivity contribution < 1.29 is 26.3 Å². The normalized spacial score (nSPS) is 12.2. The average Bonchev–Trinajstić information content (AvgIpc) is 2.61. The molecule has 2 aromatic carbocycles. The van der Waals surface area contributed by atoms with Gasteiger partial charge in [-0.1, -0.05) is 24.3 Å². The molecule has 3 rings (SSSR count). The average molecular weight is 382 g/mol. The largest absolute Gasteiger partial charge is 0.416 e. The monoisotopic (exact) mass is 382 g/mol. The summed E-state index contributed by atoms with van der Waals surface area (Å²) in [4.78, 5) is 4.01. The first kappa shape index (κ1) is 18.8. The number of rotatable bonds is 2. The molecule has 0 amide bonds. The fourth-order valence-corrected chi connectivity index (χ4v) is 2.55. The van der Waals surface area contributed by atoms with Crippen LogP contribution in [0, 0.1) is 0 Å². The minimum Gasteiger partial charge on any atom is -0.383 e. The van der Waals surface area contributed by atoms with Crippen LogP contribution in [-0.4, -0.2) is 4.98 Å². The van der Waals surface area contributed by atoms with E-state index in [0.29, 0.717) is 22.3 Å². The molecule has 1 aromatic heterocycles. The molecule has 2 N–H and O–H groups in total. The lowest BCUT2D eigenvalue weighted by atomic mass is 9.99. The number of anilines is 1. The van der Waals surface area contributed by atoms with E-state index < -0.39 is 23.5 Å². The highest BCUT2D eigenvalue weighted by atomic mass is 19.4. The molecule has 0 aliphatic rings. The predicted molar refractivity (Wildman–Crippen MR) is 89.5 cm³/mol. The van der Waals surface area contributed by atoms with E-state index in [1.54, 1.807) is 6.07 Å². The summed E-state index contributed by atoms with van der Waals surface area (Å²) in [5.41, 5.74) is 6.02. The quantitative estimate of drug-likeness (QED) is 0.549. The third kappa shape index (κ3) is 4.05. The lowest BCUT2D eigenvalue weighted by Gasteiger charge is -2.11. The van der Waals surface area contributed by atoms with Crippen LogP contribution in [0.2, 0.25) is 0 Å². The van der Waals surface area contributed by atoms with E-state index in [0.717, 1.165) is 24.3 Å². The molecule has 8 heteroatoms. The molecule has 0 saturated carbocycles. The van der Waals surface area contributed by atoms with Gasteiger partial charge in [0.25, 0.3) is 0 Å². The van der Waals surface area contributed by atoms with E-state index in [-0.39, 0.29) is 5.82 Å². The predicted octanol–water partition coefficient (Wildman–Crippen LogP) is 6.04. The fraction of sp³-hybridized carbons (Fsp3) is 0.105. The minimum absolute atomic E-state index is 0.102. The maximum atomic E-state index is 12.7. The molecule has 1 heterocycles. The van der Waals surface area contributed by atoms with E-state index in [2.05, 4.69) is 4.98 Å². The summed E-state index contributed by atoms with van der Waals surface area (Å²) in [6, 6.07) is 10.5. The van der Waals surface area contributed by atoms with Gasteiger partial charge in [0.15, 0.2) is 0 Å². The summed E-state index contributed by atoms with van der Waals surface area (Å²) in [5, 5.41) is 0. The summed E-state index contributed by atoms with van der Waals surface area (Å²) in [6.45, 7) is 0. The van der Waals surface area contributed by atoms with Crippen LogP contribution < -0.4 is 5.73 Å². The van der Waals surface area contributed by atoms with E-state index in [1.807, 2.05) is 0 Å². The van der Waals surface area contributed by atoms with Gasteiger partial charge in [-0.25, -0.2) is 4.98 Å². The van der Waals surface area contributed by atoms with Gasteiger partial charge in [0.1, 0.15) is 5.82 Å². The molecule has 0 fully saturated rings. The Hall–Kier alpha value is -3.03. The molecule has 0 saturated heterocycles. The highest BCUT2D eigenvalue weighted by molar-refractivity contribution is 5.79. The zero-order chi connectivity index (χ0) is 19.8. The van der Waals surface area contributed by atoms with E-state index in [9.17, 15) is 26.3 Å². The number of alkyl halides is 6. The van der Waals surface area contributed by atoms with Crippen molar-refractivity contribution in [3.63, 3.8) is 0 Å². The van der Waals surface area contributed by atoms with Crippen LogP contribution in [-0.2, 0) is 12.4 Å². The second kappa shape index (κ2) is 6.61. The first-order valence-electron chi connectivity index (χ1n) is 7.66. The van der Waals surface area contributed by atoms with Crippen LogP contribution in [0.1, 0.15) is 11.1 Å². The van der Waals surface area contributed by atoms with Crippen LogP contribution in [0.3, 0.4) is 0 Å². The SMILES string of the molecule is Nc1ncc(-c2ccc(C(F)(F)F)cc2)cc1-c1ccc(C(F)(F)F)cc1. The third-order valence-corrected chi connectivity index (χ3v) is 3.99. The van der Waals surface area contributed by atoms with Crippen LogP contribution in [0.15, 0.2) is 60.8 Å². The molecular weight excluding hydrogens is 370 g/mol. The van der Waals surface area contributed by atoms with Crippen molar-refractivity contribution in [2.24, 2.45) is 0 Å². The molecule has 0 aliphatic heterocycles. The van der Waals surface area contributed by atoms with Gasteiger partial charge >= 0.3 is 12.4 Å². The number of halogens is 6. The van der Waals surface area contributed by atoms with Gasteiger partial charge in [-0.2, -0.15) is 26.3 Å². The number of nitrogens with zero attached hydrogens (tertiary/aromatic N) is 1. The van der Waals surface area contributed by atoms with Gasteiger partial charge in [0, 0.05) is 17.3 Å². The molecule has 27 heavy (non-hydrogen) atoms. The van der Waals surface area contributed by atoms with Gasteiger partial charge < -0.3 is 5.73 Å². The second-order valence-electron chi connectivity index (χ2n) is 5.81. The lowest BCUT2D eigenvalue weighted by molar-refractivity contribution is -0.138. The number of hydrogen-bond acceptors (Lipinski definition) is 2. The Labute approximate surface area is 150 Å². The van der Waals surface area contributed by atoms with Crippen LogP contribution >= 0.6 is 0 Å². The van der Waals surface area contributed by atoms with E-state index >= 15 is 0 Å². The Morgan fingerprint density at radius 2 is 1.07 bits per heavy atom. The maximum absolute atomic E-state index is 12.7. The number of benzene rings is 2. The molecule has 2 nitrogen and oxygen atoms in total. The molecule has 0 aliphatic carbocycles. The zero-order valence-corrected chi connectivity index (χ0v) is 13.6. The maximum Gasteiger partial charge on any atom is 0.416 e. The number of hydrogen-bond donors (Lipinski definition) is 1. The van der Waals surface area contributed by atoms with Gasteiger partial charge in [-0.15, -0.1) is 0 Å². The second-order valence-corrected chi connectivity index (χ2v) is 5.81. The Kier molecular flexibility index (Phi) is 4.59. The standard InChI is InChI=1S/C19H12F6N2/c20-18(21,22)14-5-1-11(2-6-14)13-9-16(17(26)27-10-13)12-3-7-15(8-4-12)19(23,24)25/h1-10H,(H2,26,27). The number of nitrogen functional groups attached to an aromatic ring is 1. The van der Waals surface area contributed by atoms with Gasteiger partial charge in [0.2, 0.25) is 0 Å². The van der Waals surface area contributed by atoms with Crippen LogP contribution in [0.5, 0.6) is 0 Å². The van der Waals surface area contributed by atoms with Gasteiger partial charge in [-0.05, 0) is 41.5 Å². The van der Waals surface area contributed by atoms with Crippen molar-refractivity contribution in [1.29, 1.82) is 0 Å². The summed E-state index contributed by atoms with van der Waals surface area (Å²) >= 11 is 0. The molecule has 0 unspecified atom stereocenters. The summed E-state index contributed by atoms with van der Waals surface area (Å²) < 4.78 is 76.1. The molecule has 0 bridgehead atoms. The first-order valence-corrected chi connectivity index (χ1v) is 7.66. The van der Waals surface area contributed by atoms with Crippen LogP contribution in [0.4, 0.5) is 32.2 Å². The number of aromatic nitrogens is 1. The summed E-state index contributed by atoms with van der Waals surface area (Å²) in [6.07, 6.45) is -7.50. The number of nitrogens with two attached hydrogens (primary N) is 1. The molecule has 0 radical (unpaired) electrons. The Morgan fingerprint density at radius 3 is 1.52 bits per heavy atom. The Bertz CT molecular complexity index is 942. The molecule has 0 atom stereocenters.